The molecule has 0 heteroatoms. The van der Waals surface area contributed by atoms with Gasteiger partial charge >= 0.3 is 0 Å². The molecule has 0 saturated heterocycles. The molecular weight excluding hydrogens is 228 g/mol. The summed E-state index contributed by atoms with van der Waals surface area (Å²) < 4.78 is 0. The van der Waals surface area contributed by atoms with Gasteiger partial charge < -0.3 is 0 Å². The van der Waals surface area contributed by atoms with Crippen LogP contribution in [0.4, 0.5) is 0 Å². The van der Waals surface area contributed by atoms with E-state index in [1.807, 2.05) is 30.3 Å². The Hall–Kier alpha value is -2.34. The normalized spacial score (nSPS) is 12.3. The molecule has 0 N–H and O–H groups in total. The van der Waals surface area contributed by atoms with Gasteiger partial charge in [-0.3, -0.25) is 0 Å². The van der Waals surface area contributed by atoms with Crippen molar-refractivity contribution in [1.29, 1.82) is 0 Å². The van der Waals surface area contributed by atoms with Gasteiger partial charge in [0.05, 0.1) is 0 Å². The Balaban J connectivity index is 2.40. The summed E-state index contributed by atoms with van der Waals surface area (Å²) in [7, 11) is 0. The van der Waals surface area contributed by atoms with Crippen molar-refractivity contribution >= 4 is 11.1 Å². The first-order valence-electron chi connectivity index (χ1n) is 6.46. The number of allylic oxidation sites excluding steroid dienone is 5. The van der Waals surface area contributed by atoms with Gasteiger partial charge in [0.2, 0.25) is 0 Å². The van der Waals surface area contributed by atoms with Crippen LogP contribution in [0.25, 0.3) is 11.1 Å². The Morgan fingerprint density at radius 2 is 1.26 bits per heavy atom. The Kier molecular flexibility index (Phi) is 4.52. The van der Waals surface area contributed by atoms with Gasteiger partial charge in [-0.2, -0.15) is 0 Å². The van der Waals surface area contributed by atoms with E-state index in [-0.39, 0.29) is 0 Å². The second kappa shape index (κ2) is 6.55. The van der Waals surface area contributed by atoms with Crippen molar-refractivity contribution in [2.24, 2.45) is 0 Å². The molecule has 94 valence electrons. The standard InChI is InChI=1S/C19H18/c1-3-16(18-11-7-5-8-12-18)15-17(4-2)19-13-9-6-10-14-19/h3-15H,1H2,2H3/b16-15+,17-4+. The van der Waals surface area contributed by atoms with Gasteiger partial charge in [-0.1, -0.05) is 79.4 Å². The van der Waals surface area contributed by atoms with E-state index in [1.54, 1.807) is 0 Å². The molecule has 0 aliphatic carbocycles. The molecule has 0 unspecified atom stereocenters. The minimum Gasteiger partial charge on any atom is -0.0984 e. The molecular formula is C19H18. The lowest BCUT2D eigenvalue weighted by molar-refractivity contribution is 1.58. The van der Waals surface area contributed by atoms with Crippen LogP contribution in [-0.4, -0.2) is 0 Å². The van der Waals surface area contributed by atoms with Crippen LogP contribution in [0.5, 0.6) is 0 Å². The van der Waals surface area contributed by atoms with Crippen molar-refractivity contribution in [3.8, 4) is 0 Å². The highest BCUT2D eigenvalue weighted by atomic mass is 14.0. The molecule has 0 saturated carbocycles. The summed E-state index contributed by atoms with van der Waals surface area (Å²) in [6, 6.07) is 20.7. The van der Waals surface area contributed by atoms with Crippen LogP contribution in [0.2, 0.25) is 0 Å². The van der Waals surface area contributed by atoms with Crippen molar-refractivity contribution in [3.63, 3.8) is 0 Å². The summed E-state index contributed by atoms with van der Waals surface area (Å²) in [5.74, 6) is 0. The second-order valence-electron chi connectivity index (χ2n) is 4.28. The van der Waals surface area contributed by atoms with E-state index in [2.05, 4.69) is 62.1 Å². The second-order valence-corrected chi connectivity index (χ2v) is 4.28. The Labute approximate surface area is 115 Å². The van der Waals surface area contributed by atoms with Gasteiger partial charge in [0.25, 0.3) is 0 Å². The highest BCUT2D eigenvalue weighted by molar-refractivity contribution is 5.87. The average Bonchev–Trinajstić information content (AvgIpc) is 2.50. The minimum atomic E-state index is 1.14. The Morgan fingerprint density at radius 1 is 0.789 bits per heavy atom. The third-order valence-electron chi connectivity index (χ3n) is 3.06. The van der Waals surface area contributed by atoms with Crippen molar-refractivity contribution < 1.29 is 0 Å². The van der Waals surface area contributed by atoms with Crippen molar-refractivity contribution in [1.82, 2.24) is 0 Å². The zero-order chi connectivity index (χ0) is 13.5. The monoisotopic (exact) mass is 246 g/mol. The molecule has 0 spiro atoms. The van der Waals surface area contributed by atoms with Crippen molar-refractivity contribution in [2.75, 3.05) is 0 Å². The van der Waals surface area contributed by atoms with Crippen LogP contribution in [-0.2, 0) is 0 Å². The smallest absolute Gasteiger partial charge is 0.0184 e. The summed E-state index contributed by atoms with van der Waals surface area (Å²) in [6.07, 6.45) is 6.21. The molecule has 2 aromatic rings. The van der Waals surface area contributed by atoms with E-state index in [9.17, 15) is 0 Å². The first kappa shape index (κ1) is 13.1. The maximum Gasteiger partial charge on any atom is -0.0184 e. The average molecular weight is 246 g/mol. The summed E-state index contributed by atoms with van der Waals surface area (Å²) in [6.45, 7) is 5.98. The number of hydrogen-bond donors (Lipinski definition) is 0. The predicted molar refractivity (Wildman–Crippen MR) is 84.7 cm³/mol. The molecule has 19 heavy (non-hydrogen) atoms. The van der Waals surface area contributed by atoms with Gasteiger partial charge in [-0.15, -0.1) is 0 Å². The molecule has 0 aromatic heterocycles. The van der Waals surface area contributed by atoms with E-state index in [0.29, 0.717) is 0 Å². The van der Waals surface area contributed by atoms with Gasteiger partial charge in [0.15, 0.2) is 0 Å². The van der Waals surface area contributed by atoms with Crippen molar-refractivity contribution in [3.05, 3.63) is 96.6 Å². The molecule has 0 fully saturated rings. The van der Waals surface area contributed by atoms with Crippen molar-refractivity contribution in [2.45, 2.75) is 6.92 Å². The molecule has 0 radical (unpaired) electrons. The van der Waals surface area contributed by atoms with Crippen LogP contribution in [0, 0.1) is 0 Å². The maximum atomic E-state index is 3.92. The summed E-state index contributed by atoms with van der Waals surface area (Å²) >= 11 is 0. The lowest BCUT2D eigenvalue weighted by Gasteiger charge is -2.06. The fourth-order valence-corrected chi connectivity index (χ4v) is 2.02. The largest absolute Gasteiger partial charge is 0.0984 e. The fraction of sp³-hybridized carbons (Fsp3) is 0.0526. The number of hydrogen-bond acceptors (Lipinski definition) is 0. The molecule has 0 aliphatic heterocycles. The van der Waals surface area contributed by atoms with Crippen LogP contribution in [0.15, 0.2) is 85.5 Å². The lowest BCUT2D eigenvalue weighted by atomic mass is 9.99. The number of rotatable bonds is 4. The molecule has 0 amide bonds. The Morgan fingerprint density at radius 3 is 1.68 bits per heavy atom. The van der Waals surface area contributed by atoms with Crippen LogP contribution < -0.4 is 0 Å². The fourth-order valence-electron chi connectivity index (χ4n) is 2.02. The highest BCUT2D eigenvalue weighted by Crippen LogP contribution is 2.23. The van der Waals surface area contributed by atoms with Gasteiger partial charge in [0.1, 0.15) is 0 Å². The minimum absolute atomic E-state index is 1.14. The highest BCUT2D eigenvalue weighted by Gasteiger charge is 2.00. The van der Waals surface area contributed by atoms with E-state index < -0.39 is 0 Å². The summed E-state index contributed by atoms with van der Waals surface area (Å²) in [5, 5.41) is 0. The summed E-state index contributed by atoms with van der Waals surface area (Å²) in [4.78, 5) is 0. The van der Waals surface area contributed by atoms with E-state index >= 15 is 0 Å². The topological polar surface area (TPSA) is 0 Å². The van der Waals surface area contributed by atoms with E-state index in [1.165, 1.54) is 16.7 Å². The molecule has 2 rings (SSSR count). The van der Waals surface area contributed by atoms with Crippen LogP contribution >= 0.6 is 0 Å². The SMILES string of the molecule is C=C/C(=C\C(=C/C)c1ccccc1)c1ccccc1. The molecule has 0 bridgehead atoms. The van der Waals surface area contributed by atoms with Gasteiger partial charge in [-0.05, 0) is 35.3 Å². The molecule has 0 atom stereocenters. The van der Waals surface area contributed by atoms with E-state index in [4.69, 9.17) is 0 Å². The van der Waals surface area contributed by atoms with E-state index in [0.717, 1.165) is 5.57 Å². The lowest BCUT2D eigenvalue weighted by Crippen LogP contribution is -1.84. The van der Waals surface area contributed by atoms with Crippen LogP contribution in [0.3, 0.4) is 0 Å². The zero-order valence-corrected chi connectivity index (χ0v) is 11.2. The zero-order valence-electron chi connectivity index (χ0n) is 11.2. The van der Waals surface area contributed by atoms with Gasteiger partial charge in [0, 0.05) is 0 Å². The number of benzene rings is 2. The maximum absolute atomic E-state index is 3.92. The third kappa shape index (κ3) is 3.32. The molecule has 0 aliphatic rings. The first-order chi connectivity index (χ1) is 9.35. The van der Waals surface area contributed by atoms with Gasteiger partial charge in [-0.25, -0.2) is 0 Å². The molecule has 0 nitrogen and oxygen atoms in total. The van der Waals surface area contributed by atoms with Crippen LogP contribution in [0.1, 0.15) is 18.1 Å². The third-order valence-corrected chi connectivity index (χ3v) is 3.06. The Bertz CT molecular complexity index is 586. The quantitative estimate of drug-likeness (QED) is 0.637. The molecule has 2 aromatic carbocycles. The molecule has 0 heterocycles. The predicted octanol–water partition coefficient (Wildman–Crippen LogP) is 5.36. The first-order valence-corrected chi connectivity index (χ1v) is 6.46. The summed E-state index contributed by atoms with van der Waals surface area (Å²) in [5.41, 5.74) is 4.75.